The van der Waals surface area contributed by atoms with E-state index >= 15 is 0 Å². The molecule has 0 saturated carbocycles. The average Bonchev–Trinajstić information content (AvgIpc) is 2.71. The molecule has 27 heavy (non-hydrogen) atoms. The third kappa shape index (κ3) is 5.08. The summed E-state index contributed by atoms with van der Waals surface area (Å²) in [6.45, 7) is 0.690. The highest BCUT2D eigenvalue weighted by atomic mass is 79.9. The SMILES string of the molecule is COc1ncccc1CNC(=O)c1ccccc1OCc1cccc(Br)c1. The van der Waals surface area contributed by atoms with Crippen LogP contribution in [-0.2, 0) is 13.2 Å². The first-order chi connectivity index (χ1) is 13.2. The number of carbonyl (C=O) groups is 1. The second kappa shape index (κ2) is 9.19. The standard InChI is InChI=1S/C21H19BrN2O3/c1-26-21-16(7-5-11-23-21)13-24-20(25)18-9-2-3-10-19(18)27-14-15-6-4-8-17(22)12-15/h2-12H,13-14H2,1H3,(H,24,25). The Kier molecular flexibility index (Phi) is 6.44. The Morgan fingerprint density at radius 2 is 1.96 bits per heavy atom. The fraction of sp³-hybridized carbons (Fsp3) is 0.143. The average molecular weight is 427 g/mol. The number of carbonyl (C=O) groups excluding carboxylic acids is 1. The molecular weight excluding hydrogens is 408 g/mol. The lowest BCUT2D eigenvalue weighted by Gasteiger charge is -2.13. The molecule has 1 heterocycles. The molecule has 3 rings (SSSR count). The molecule has 0 unspecified atom stereocenters. The normalized spacial score (nSPS) is 10.3. The van der Waals surface area contributed by atoms with Crippen molar-refractivity contribution in [2.45, 2.75) is 13.2 Å². The van der Waals surface area contributed by atoms with Gasteiger partial charge in [0.2, 0.25) is 5.88 Å². The van der Waals surface area contributed by atoms with Crippen LogP contribution in [0.25, 0.3) is 0 Å². The molecule has 2 aromatic carbocycles. The molecule has 0 atom stereocenters. The molecule has 0 aliphatic rings. The second-order valence-electron chi connectivity index (χ2n) is 5.77. The number of halogens is 1. The molecular formula is C21H19BrN2O3. The van der Waals surface area contributed by atoms with Crippen LogP contribution in [0.5, 0.6) is 11.6 Å². The van der Waals surface area contributed by atoms with E-state index in [9.17, 15) is 4.79 Å². The van der Waals surface area contributed by atoms with E-state index in [1.165, 1.54) is 0 Å². The van der Waals surface area contributed by atoms with Crippen molar-refractivity contribution in [3.63, 3.8) is 0 Å². The van der Waals surface area contributed by atoms with Gasteiger partial charge in [-0.2, -0.15) is 0 Å². The summed E-state index contributed by atoms with van der Waals surface area (Å²) < 4.78 is 12.1. The third-order valence-corrected chi connectivity index (χ3v) is 4.39. The van der Waals surface area contributed by atoms with Crippen molar-refractivity contribution in [3.05, 3.63) is 88.0 Å². The Labute approximate surface area is 166 Å². The first-order valence-electron chi connectivity index (χ1n) is 8.39. The molecule has 0 saturated heterocycles. The molecule has 6 heteroatoms. The summed E-state index contributed by atoms with van der Waals surface area (Å²) in [4.78, 5) is 16.8. The van der Waals surface area contributed by atoms with Crippen LogP contribution in [0.2, 0.25) is 0 Å². The lowest BCUT2D eigenvalue weighted by Crippen LogP contribution is -2.23. The topological polar surface area (TPSA) is 60.5 Å². The molecule has 1 amide bonds. The fourth-order valence-corrected chi connectivity index (χ4v) is 3.03. The van der Waals surface area contributed by atoms with Gasteiger partial charge in [0.15, 0.2) is 0 Å². The molecule has 0 aliphatic carbocycles. The zero-order chi connectivity index (χ0) is 19.1. The number of ether oxygens (including phenoxy) is 2. The number of pyridine rings is 1. The van der Waals surface area contributed by atoms with E-state index in [-0.39, 0.29) is 5.91 Å². The molecule has 0 radical (unpaired) electrons. The molecule has 3 aromatic rings. The van der Waals surface area contributed by atoms with Crippen LogP contribution in [0.1, 0.15) is 21.5 Å². The maximum Gasteiger partial charge on any atom is 0.255 e. The van der Waals surface area contributed by atoms with Crippen LogP contribution >= 0.6 is 15.9 Å². The molecule has 1 aromatic heterocycles. The molecule has 1 N–H and O–H groups in total. The minimum absolute atomic E-state index is 0.217. The van der Waals surface area contributed by atoms with Gasteiger partial charge in [-0.1, -0.05) is 46.3 Å². The lowest BCUT2D eigenvalue weighted by molar-refractivity contribution is 0.0946. The first kappa shape index (κ1) is 18.9. The van der Waals surface area contributed by atoms with Gasteiger partial charge in [0.25, 0.3) is 5.91 Å². The highest BCUT2D eigenvalue weighted by molar-refractivity contribution is 9.10. The van der Waals surface area contributed by atoms with E-state index in [4.69, 9.17) is 9.47 Å². The summed E-state index contributed by atoms with van der Waals surface area (Å²) in [6, 6.07) is 18.7. The van der Waals surface area contributed by atoms with Crippen LogP contribution in [0.3, 0.4) is 0 Å². The van der Waals surface area contributed by atoms with Gasteiger partial charge in [0, 0.05) is 22.8 Å². The maximum absolute atomic E-state index is 12.6. The summed E-state index contributed by atoms with van der Waals surface area (Å²) in [7, 11) is 1.55. The Morgan fingerprint density at radius 1 is 1.11 bits per heavy atom. The van der Waals surface area contributed by atoms with E-state index in [1.54, 1.807) is 31.5 Å². The highest BCUT2D eigenvalue weighted by Gasteiger charge is 2.13. The van der Waals surface area contributed by atoms with Crippen molar-refractivity contribution < 1.29 is 14.3 Å². The number of hydrogen-bond acceptors (Lipinski definition) is 4. The van der Waals surface area contributed by atoms with E-state index in [0.29, 0.717) is 30.3 Å². The first-order valence-corrected chi connectivity index (χ1v) is 9.19. The van der Waals surface area contributed by atoms with Gasteiger partial charge in [0.05, 0.1) is 12.7 Å². The zero-order valence-corrected chi connectivity index (χ0v) is 16.4. The fourth-order valence-electron chi connectivity index (χ4n) is 2.58. The van der Waals surface area contributed by atoms with Crippen LogP contribution in [-0.4, -0.2) is 18.0 Å². The number of hydrogen-bond donors (Lipinski definition) is 1. The number of para-hydroxylation sites is 1. The van der Waals surface area contributed by atoms with E-state index in [0.717, 1.165) is 15.6 Å². The van der Waals surface area contributed by atoms with Crippen LogP contribution in [0, 0.1) is 0 Å². The minimum Gasteiger partial charge on any atom is -0.488 e. The van der Waals surface area contributed by atoms with Crippen LogP contribution in [0.15, 0.2) is 71.3 Å². The number of nitrogens with zero attached hydrogens (tertiary/aromatic N) is 1. The largest absolute Gasteiger partial charge is 0.488 e. The number of nitrogens with one attached hydrogen (secondary N) is 1. The summed E-state index contributed by atoms with van der Waals surface area (Å²) in [5.41, 5.74) is 2.30. The third-order valence-electron chi connectivity index (χ3n) is 3.90. The summed E-state index contributed by atoms with van der Waals surface area (Å²) in [5.74, 6) is 0.816. The van der Waals surface area contributed by atoms with Crippen molar-refractivity contribution in [3.8, 4) is 11.6 Å². The monoisotopic (exact) mass is 426 g/mol. The molecule has 0 aliphatic heterocycles. The van der Waals surface area contributed by atoms with Crippen molar-refractivity contribution in [1.29, 1.82) is 0 Å². The number of rotatable bonds is 7. The molecule has 0 spiro atoms. The molecule has 0 fully saturated rings. The maximum atomic E-state index is 12.6. The van der Waals surface area contributed by atoms with Gasteiger partial charge < -0.3 is 14.8 Å². The highest BCUT2D eigenvalue weighted by Crippen LogP contribution is 2.21. The predicted octanol–water partition coefficient (Wildman–Crippen LogP) is 4.36. The van der Waals surface area contributed by atoms with Crippen LogP contribution < -0.4 is 14.8 Å². The smallest absolute Gasteiger partial charge is 0.255 e. The van der Waals surface area contributed by atoms with E-state index in [1.807, 2.05) is 42.5 Å². The Hall–Kier alpha value is -2.86. The number of amides is 1. The van der Waals surface area contributed by atoms with Crippen molar-refractivity contribution in [2.24, 2.45) is 0 Å². The van der Waals surface area contributed by atoms with Gasteiger partial charge >= 0.3 is 0 Å². The Bertz CT molecular complexity index is 931. The minimum atomic E-state index is -0.217. The van der Waals surface area contributed by atoms with Crippen molar-refractivity contribution >= 4 is 21.8 Å². The van der Waals surface area contributed by atoms with E-state index in [2.05, 4.69) is 26.2 Å². The summed E-state index contributed by atoms with van der Waals surface area (Å²) in [5, 5.41) is 2.89. The van der Waals surface area contributed by atoms with Gasteiger partial charge in [-0.05, 0) is 35.9 Å². The Balaban J connectivity index is 1.68. The van der Waals surface area contributed by atoms with Gasteiger partial charge in [-0.25, -0.2) is 4.98 Å². The lowest BCUT2D eigenvalue weighted by atomic mass is 10.1. The number of aromatic nitrogens is 1. The van der Waals surface area contributed by atoms with Crippen molar-refractivity contribution in [1.82, 2.24) is 10.3 Å². The number of methoxy groups -OCH3 is 1. The van der Waals surface area contributed by atoms with Gasteiger partial charge in [-0.3, -0.25) is 4.79 Å². The van der Waals surface area contributed by atoms with Crippen LogP contribution in [0.4, 0.5) is 0 Å². The second-order valence-corrected chi connectivity index (χ2v) is 6.68. The zero-order valence-electron chi connectivity index (χ0n) is 14.8. The number of benzene rings is 2. The van der Waals surface area contributed by atoms with Gasteiger partial charge in [-0.15, -0.1) is 0 Å². The van der Waals surface area contributed by atoms with Crippen molar-refractivity contribution in [2.75, 3.05) is 7.11 Å². The summed E-state index contributed by atoms with van der Waals surface area (Å²) >= 11 is 3.45. The molecule has 0 bridgehead atoms. The molecule has 138 valence electrons. The van der Waals surface area contributed by atoms with E-state index < -0.39 is 0 Å². The van der Waals surface area contributed by atoms with Gasteiger partial charge in [0.1, 0.15) is 12.4 Å². The molecule has 5 nitrogen and oxygen atoms in total. The predicted molar refractivity (Wildman–Crippen MR) is 107 cm³/mol. The quantitative estimate of drug-likeness (QED) is 0.609. The Morgan fingerprint density at radius 3 is 2.78 bits per heavy atom. The summed E-state index contributed by atoms with van der Waals surface area (Å²) in [6.07, 6.45) is 1.65.